The molecule has 3 aromatic rings. The smallest absolute Gasteiger partial charge is 0.117 e. The van der Waals surface area contributed by atoms with Crippen molar-refractivity contribution in [1.82, 2.24) is 9.38 Å². The summed E-state index contributed by atoms with van der Waals surface area (Å²) in [5.41, 5.74) is 9.21. The molecule has 0 aliphatic rings. The minimum atomic E-state index is 0.535. The quantitative estimate of drug-likeness (QED) is 0.807. The van der Waals surface area contributed by atoms with Gasteiger partial charge in [0, 0.05) is 23.6 Å². The summed E-state index contributed by atoms with van der Waals surface area (Å²) < 4.78 is 3.21. The largest absolute Gasteiger partial charge is 0.326 e. The maximum atomic E-state index is 5.75. The van der Waals surface area contributed by atoms with E-state index in [-0.39, 0.29) is 0 Å². The van der Waals surface area contributed by atoms with Gasteiger partial charge >= 0.3 is 0 Å². The molecule has 0 saturated carbocycles. The molecule has 0 saturated heterocycles. The molecule has 0 radical (unpaired) electrons. The Balaban J connectivity index is 1.99. The molecule has 2 N–H and O–H groups in total. The predicted octanol–water partition coefficient (Wildman–Crippen LogP) is 3.15. The number of aromatic nitrogens is 2. The van der Waals surface area contributed by atoms with Crippen molar-refractivity contribution in [1.29, 1.82) is 0 Å². The summed E-state index contributed by atoms with van der Waals surface area (Å²) in [4.78, 5) is 4.52. The first-order valence-electron chi connectivity index (χ1n) is 6.16. The standard InChI is InChI=1S/C15H14BrN3/c16-13-5-3-11(4-6-13)8-15-18-10-14-12(9-17)2-1-7-19(14)15/h1-7,10H,8-9,17H2. The summed E-state index contributed by atoms with van der Waals surface area (Å²) in [5, 5.41) is 0. The van der Waals surface area contributed by atoms with Crippen molar-refractivity contribution in [3.05, 3.63) is 70.2 Å². The number of nitrogens with zero attached hydrogens (tertiary/aromatic N) is 2. The molecule has 2 aromatic heterocycles. The molecule has 2 heterocycles. The van der Waals surface area contributed by atoms with Crippen molar-refractivity contribution in [2.24, 2.45) is 5.73 Å². The van der Waals surface area contributed by atoms with Crippen LogP contribution in [-0.2, 0) is 13.0 Å². The molecule has 0 spiro atoms. The fraction of sp³-hybridized carbons (Fsp3) is 0.133. The molecule has 0 aliphatic heterocycles. The van der Waals surface area contributed by atoms with Crippen LogP contribution in [0.5, 0.6) is 0 Å². The fourth-order valence-electron chi connectivity index (χ4n) is 2.22. The number of hydrogen-bond acceptors (Lipinski definition) is 2. The molecule has 0 aliphatic carbocycles. The Hall–Kier alpha value is -1.65. The van der Waals surface area contributed by atoms with Crippen LogP contribution in [0.15, 0.2) is 53.3 Å². The first-order chi connectivity index (χ1) is 9.28. The monoisotopic (exact) mass is 315 g/mol. The molecule has 0 bridgehead atoms. The van der Waals surface area contributed by atoms with Crippen molar-refractivity contribution in [3.8, 4) is 0 Å². The van der Waals surface area contributed by atoms with Gasteiger partial charge in [0.15, 0.2) is 0 Å². The topological polar surface area (TPSA) is 43.3 Å². The first-order valence-corrected chi connectivity index (χ1v) is 6.95. The van der Waals surface area contributed by atoms with E-state index in [0.717, 1.165) is 27.8 Å². The summed E-state index contributed by atoms with van der Waals surface area (Å²) in [7, 11) is 0. The number of rotatable bonds is 3. The van der Waals surface area contributed by atoms with Gasteiger partial charge < -0.3 is 10.1 Å². The number of benzene rings is 1. The molecule has 19 heavy (non-hydrogen) atoms. The van der Waals surface area contributed by atoms with Crippen molar-refractivity contribution < 1.29 is 0 Å². The van der Waals surface area contributed by atoms with E-state index in [2.05, 4.69) is 49.6 Å². The van der Waals surface area contributed by atoms with E-state index in [4.69, 9.17) is 5.73 Å². The maximum Gasteiger partial charge on any atom is 0.117 e. The van der Waals surface area contributed by atoms with Crippen molar-refractivity contribution in [3.63, 3.8) is 0 Å². The van der Waals surface area contributed by atoms with Crippen LogP contribution < -0.4 is 5.73 Å². The lowest BCUT2D eigenvalue weighted by Crippen LogP contribution is -2.01. The summed E-state index contributed by atoms with van der Waals surface area (Å²) in [5.74, 6) is 1.03. The predicted molar refractivity (Wildman–Crippen MR) is 80.0 cm³/mol. The number of pyridine rings is 1. The van der Waals surface area contributed by atoms with E-state index in [9.17, 15) is 0 Å². The fourth-order valence-corrected chi connectivity index (χ4v) is 2.49. The molecule has 0 amide bonds. The Morgan fingerprint density at radius 1 is 1.16 bits per heavy atom. The van der Waals surface area contributed by atoms with E-state index in [0.29, 0.717) is 6.54 Å². The van der Waals surface area contributed by atoms with Crippen LogP contribution in [0.2, 0.25) is 0 Å². The van der Waals surface area contributed by atoms with Gasteiger partial charge in [-0.05, 0) is 29.3 Å². The Morgan fingerprint density at radius 2 is 1.95 bits per heavy atom. The van der Waals surface area contributed by atoms with E-state index in [1.165, 1.54) is 5.56 Å². The minimum Gasteiger partial charge on any atom is -0.326 e. The summed E-state index contributed by atoms with van der Waals surface area (Å²) in [6.45, 7) is 0.535. The number of halogens is 1. The maximum absolute atomic E-state index is 5.75. The zero-order valence-corrected chi connectivity index (χ0v) is 12.0. The Kier molecular flexibility index (Phi) is 3.36. The highest BCUT2D eigenvalue weighted by Gasteiger charge is 2.07. The lowest BCUT2D eigenvalue weighted by Gasteiger charge is -2.04. The third-order valence-corrected chi connectivity index (χ3v) is 3.76. The SMILES string of the molecule is NCc1cccn2c(Cc3ccc(Br)cc3)ncc12. The molecular weight excluding hydrogens is 302 g/mol. The number of fused-ring (bicyclic) bond motifs is 1. The Labute approximate surface area is 120 Å². The first kappa shape index (κ1) is 12.4. The van der Waals surface area contributed by atoms with Gasteiger partial charge in [-0.3, -0.25) is 0 Å². The molecule has 3 rings (SSSR count). The zero-order valence-electron chi connectivity index (χ0n) is 10.4. The molecule has 3 nitrogen and oxygen atoms in total. The molecule has 0 fully saturated rings. The van der Waals surface area contributed by atoms with Crippen LogP contribution in [0.25, 0.3) is 5.52 Å². The summed E-state index contributed by atoms with van der Waals surface area (Å²) in [6.07, 6.45) is 4.75. The van der Waals surface area contributed by atoms with Crippen LogP contribution >= 0.6 is 15.9 Å². The number of hydrogen-bond donors (Lipinski definition) is 1. The average Bonchev–Trinajstić information content (AvgIpc) is 2.84. The van der Waals surface area contributed by atoms with E-state index in [1.807, 2.05) is 24.5 Å². The van der Waals surface area contributed by atoms with Crippen LogP contribution in [0, 0.1) is 0 Å². The molecule has 96 valence electrons. The molecule has 1 aromatic carbocycles. The van der Waals surface area contributed by atoms with Crippen molar-refractivity contribution in [2.45, 2.75) is 13.0 Å². The van der Waals surface area contributed by atoms with Crippen LogP contribution in [0.1, 0.15) is 17.0 Å². The highest BCUT2D eigenvalue weighted by atomic mass is 79.9. The third-order valence-electron chi connectivity index (χ3n) is 3.23. The lowest BCUT2D eigenvalue weighted by molar-refractivity contribution is 0.951. The molecular formula is C15H14BrN3. The number of nitrogens with two attached hydrogens (primary N) is 1. The van der Waals surface area contributed by atoms with Crippen LogP contribution in [0.4, 0.5) is 0 Å². The van der Waals surface area contributed by atoms with Crippen molar-refractivity contribution >= 4 is 21.4 Å². The average molecular weight is 316 g/mol. The van der Waals surface area contributed by atoms with Gasteiger partial charge in [0.2, 0.25) is 0 Å². The van der Waals surface area contributed by atoms with E-state index in [1.54, 1.807) is 0 Å². The second-order valence-electron chi connectivity index (χ2n) is 4.47. The van der Waals surface area contributed by atoms with E-state index >= 15 is 0 Å². The van der Waals surface area contributed by atoms with Gasteiger partial charge in [0.05, 0.1) is 11.7 Å². The highest BCUT2D eigenvalue weighted by molar-refractivity contribution is 9.10. The van der Waals surface area contributed by atoms with Gasteiger partial charge in [0.25, 0.3) is 0 Å². The summed E-state index contributed by atoms with van der Waals surface area (Å²) in [6, 6.07) is 12.4. The lowest BCUT2D eigenvalue weighted by atomic mass is 10.1. The van der Waals surface area contributed by atoms with Crippen LogP contribution in [-0.4, -0.2) is 9.38 Å². The normalized spacial score (nSPS) is 11.1. The Morgan fingerprint density at radius 3 is 2.68 bits per heavy atom. The highest BCUT2D eigenvalue weighted by Crippen LogP contribution is 2.17. The molecule has 0 unspecified atom stereocenters. The van der Waals surface area contributed by atoms with Gasteiger partial charge in [-0.2, -0.15) is 0 Å². The summed E-state index contributed by atoms with van der Waals surface area (Å²) >= 11 is 3.45. The molecule has 0 atom stereocenters. The zero-order chi connectivity index (χ0) is 13.2. The Bertz CT molecular complexity index is 701. The van der Waals surface area contributed by atoms with Crippen molar-refractivity contribution in [2.75, 3.05) is 0 Å². The van der Waals surface area contributed by atoms with Gasteiger partial charge in [-0.15, -0.1) is 0 Å². The third kappa shape index (κ3) is 2.41. The number of imidazole rings is 1. The molecule has 4 heteroatoms. The second-order valence-corrected chi connectivity index (χ2v) is 5.39. The van der Waals surface area contributed by atoms with Gasteiger partial charge in [0.1, 0.15) is 5.82 Å². The van der Waals surface area contributed by atoms with Gasteiger partial charge in [-0.1, -0.05) is 34.1 Å². The van der Waals surface area contributed by atoms with E-state index < -0.39 is 0 Å². The minimum absolute atomic E-state index is 0.535. The van der Waals surface area contributed by atoms with Gasteiger partial charge in [-0.25, -0.2) is 4.98 Å². The van der Waals surface area contributed by atoms with Crippen LogP contribution in [0.3, 0.4) is 0 Å². The second kappa shape index (κ2) is 5.15.